The van der Waals surface area contributed by atoms with Crippen LogP contribution in [0.3, 0.4) is 0 Å². The molecular formula is C23H30N2O2. The molecule has 2 aromatic rings. The van der Waals surface area contributed by atoms with Crippen molar-refractivity contribution in [3.63, 3.8) is 0 Å². The Bertz CT molecular complexity index is 805. The molecule has 2 aliphatic rings. The van der Waals surface area contributed by atoms with Crippen LogP contribution >= 0.6 is 0 Å². The molecule has 0 N–H and O–H groups in total. The third-order valence-corrected chi connectivity index (χ3v) is 6.72. The molecule has 4 heteroatoms. The molecule has 0 heterocycles. The van der Waals surface area contributed by atoms with Crippen LogP contribution < -0.4 is 4.74 Å². The van der Waals surface area contributed by atoms with Crippen molar-refractivity contribution >= 4 is 16.7 Å². The van der Waals surface area contributed by atoms with Crippen molar-refractivity contribution in [3.05, 3.63) is 42.5 Å². The molecule has 2 saturated carbocycles. The fourth-order valence-electron chi connectivity index (χ4n) is 5.00. The zero-order valence-electron chi connectivity index (χ0n) is 16.6. The van der Waals surface area contributed by atoms with Crippen molar-refractivity contribution in [1.82, 2.24) is 9.80 Å². The second kappa shape index (κ2) is 7.51. The van der Waals surface area contributed by atoms with Gasteiger partial charge in [-0.2, -0.15) is 0 Å². The first-order valence-electron chi connectivity index (χ1n) is 10.0. The number of rotatable bonds is 5. The van der Waals surface area contributed by atoms with E-state index in [4.69, 9.17) is 4.74 Å². The lowest BCUT2D eigenvalue weighted by atomic mass is 10.0. The minimum Gasteiger partial charge on any atom is -0.484 e. The Balaban J connectivity index is 1.31. The molecule has 2 aliphatic carbocycles. The predicted octanol–water partition coefficient (Wildman–Crippen LogP) is 3.80. The maximum absolute atomic E-state index is 12.7. The van der Waals surface area contributed by atoms with Gasteiger partial charge in [-0.05, 0) is 74.5 Å². The highest BCUT2D eigenvalue weighted by atomic mass is 16.5. The lowest BCUT2D eigenvalue weighted by Crippen LogP contribution is -2.39. The Morgan fingerprint density at radius 3 is 2.22 bits per heavy atom. The van der Waals surface area contributed by atoms with Crippen LogP contribution in [0.15, 0.2) is 42.5 Å². The number of hydrogen-bond donors (Lipinski definition) is 0. The first-order chi connectivity index (χ1) is 13.0. The molecule has 144 valence electrons. The zero-order chi connectivity index (χ0) is 19.0. The van der Waals surface area contributed by atoms with E-state index >= 15 is 0 Å². The van der Waals surface area contributed by atoms with Crippen molar-refractivity contribution in [3.8, 4) is 5.75 Å². The normalized spacial score (nSPS) is 27.1. The van der Waals surface area contributed by atoms with Crippen molar-refractivity contribution in [1.29, 1.82) is 0 Å². The first-order valence-corrected chi connectivity index (χ1v) is 10.0. The summed E-state index contributed by atoms with van der Waals surface area (Å²) >= 11 is 0. The van der Waals surface area contributed by atoms with Crippen LogP contribution in [0, 0.1) is 11.8 Å². The number of fused-ring (bicyclic) bond motifs is 2. The quantitative estimate of drug-likeness (QED) is 0.807. The van der Waals surface area contributed by atoms with Crippen molar-refractivity contribution in [2.75, 3.05) is 27.7 Å². The summed E-state index contributed by atoms with van der Waals surface area (Å²) in [6.07, 6.45) is 4.86. The Kier molecular flexibility index (Phi) is 5.09. The van der Waals surface area contributed by atoms with E-state index in [1.165, 1.54) is 18.2 Å². The highest BCUT2D eigenvalue weighted by Gasteiger charge is 2.44. The second-order valence-electron chi connectivity index (χ2n) is 8.54. The summed E-state index contributed by atoms with van der Waals surface area (Å²) in [6, 6.07) is 15.3. The lowest BCUT2D eigenvalue weighted by molar-refractivity contribution is -0.134. The van der Waals surface area contributed by atoms with Crippen LogP contribution in [0.2, 0.25) is 0 Å². The number of likely N-dealkylation sites (N-methyl/N-ethyl adjacent to an activating group) is 1. The van der Waals surface area contributed by atoms with Crippen molar-refractivity contribution in [2.24, 2.45) is 11.8 Å². The van der Waals surface area contributed by atoms with E-state index in [1.54, 1.807) is 0 Å². The predicted molar refractivity (Wildman–Crippen MR) is 109 cm³/mol. The van der Waals surface area contributed by atoms with E-state index in [1.807, 2.05) is 42.3 Å². The van der Waals surface area contributed by atoms with Crippen LogP contribution in [0.1, 0.15) is 25.7 Å². The number of benzene rings is 2. The Hall–Kier alpha value is -2.07. The maximum Gasteiger partial charge on any atom is 0.260 e. The molecular weight excluding hydrogens is 336 g/mol. The van der Waals surface area contributed by atoms with E-state index in [9.17, 15) is 4.79 Å². The van der Waals surface area contributed by atoms with E-state index in [0.29, 0.717) is 6.04 Å². The fourth-order valence-corrected chi connectivity index (χ4v) is 5.00. The molecule has 0 aromatic heterocycles. The molecule has 0 radical (unpaired) electrons. The lowest BCUT2D eigenvalue weighted by Gasteiger charge is -2.27. The van der Waals surface area contributed by atoms with Crippen molar-refractivity contribution < 1.29 is 9.53 Å². The van der Waals surface area contributed by atoms with Gasteiger partial charge in [-0.3, -0.25) is 4.79 Å². The van der Waals surface area contributed by atoms with Gasteiger partial charge < -0.3 is 14.5 Å². The molecule has 4 rings (SSSR count). The second-order valence-corrected chi connectivity index (χ2v) is 8.54. The van der Waals surface area contributed by atoms with Gasteiger partial charge in [0.15, 0.2) is 6.61 Å². The topological polar surface area (TPSA) is 32.8 Å². The van der Waals surface area contributed by atoms with Gasteiger partial charge in [0.1, 0.15) is 5.75 Å². The molecule has 0 saturated heterocycles. The minimum atomic E-state index is 0.0808. The summed E-state index contributed by atoms with van der Waals surface area (Å²) < 4.78 is 5.80. The highest BCUT2D eigenvalue weighted by Crippen LogP contribution is 2.46. The summed E-state index contributed by atoms with van der Waals surface area (Å²) in [4.78, 5) is 16.9. The van der Waals surface area contributed by atoms with Gasteiger partial charge in [0.25, 0.3) is 5.91 Å². The highest BCUT2D eigenvalue weighted by molar-refractivity contribution is 5.84. The van der Waals surface area contributed by atoms with Crippen LogP contribution in [0.5, 0.6) is 5.75 Å². The molecule has 2 unspecified atom stereocenters. The van der Waals surface area contributed by atoms with Gasteiger partial charge >= 0.3 is 0 Å². The Labute approximate surface area is 162 Å². The van der Waals surface area contributed by atoms with Gasteiger partial charge in [-0.25, -0.2) is 0 Å². The van der Waals surface area contributed by atoms with Gasteiger partial charge in [0.2, 0.25) is 0 Å². The van der Waals surface area contributed by atoms with E-state index in [2.05, 4.69) is 31.1 Å². The molecule has 0 aliphatic heterocycles. The number of nitrogens with zero attached hydrogens (tertiary/aromatic N) is 2. The summed E-state index contributed by atoms with van der Waals surface area (Å²) in [5.41, 5.74) is 0. The number of hydrogen-bond acceptors (Lipinski definition) is 3. The van der Waals surface area contributed by atoms with E-state index < -0.39 is 0 Å². The Morgan fingerprint density at radius 2 is 1.56 bits per heavy atom. The molecule has 2 fully saturated rings. The molecule has 0 spiro atoms. The molecule has 4 nitrogen and oxygen atoms in total. The largest absolute Gasteiger partial charge is 0.484 e. The standard InChI is InChI=1S/C23H30N2O2/c1-24(2)20-10-18-12-21(13-19(18)11-20)25(3)23(26)15-27-22-9-8-16-6-4-5-7-17(16)14-22/h4-9,14,18-21H,10-13,15H2,1-3H3/t18-,19+,20?,21?. The summed E-state index contributed by atoms with van der Waals surface area (Å²) in [6.45, 7) is 0.112. The molecule has 4 atom stereocenters. The summed E-state index contributed by atoms with van der Waals surface area (Å²) in [7, 11) is 6.31. The average molecular weight is 367 g/mol. The smallest absolute Gasteiger partial charge is 0.260 e. The summed E-state index contributed by atoms with van der Waals surface area (Å²) in [5, 5.41) is 2.32. The first kappa shape index (κ1) is 18.3. The minimum absolute atomic E-state index is 0.0808. The monoisotopic (exact) mass is 366 g/mol. The van der Waals surface area contributed by atoms with Crippen LogP contribution in [-0.2, 0) is 4.79 Å². The number of ether oxygens (including phenoxy) is 1. The maximum atomic E-state index is 12.7. The average Bonchev–Trinajstić information content (AvgIpc) is 3.24. The van der Waals surface area contributed by atoms with Crippen LogP contribution in [0.4, 0.5) is 0 Å². The van der Waals surface area contributed by atoms with Gasteiger partial charge in [0, 0.05) is 19.1 Å². The van der Waals surface area contributed by atoms with Gasteiger partial charge in [-0.15, -0.1) is 0 Å². The van der Waals surface area contributed by atoms with E-state index in [-0.39, 0.29) is 12.5 Å². The molecule has 1 amide bonds. The zero-order valence-corrected chi connectivity index (χ0v) is 16.6. The molecule has 2 aromatic carbocycles. The number of amides is 1. The van der Waals surface area contributed by atoms with Crippen LogP contribution in [-0.4, -0.2) is 55.5 Å². The molecule has 0 bridgehead atoms. The fraction of sp³-hybridized carbons (Fsp3) is 0.522. The number of carbonyl (C=O) groups is 1. The van der Waals surface area contributed by atoms with E-state index in [0.717, 1.165) is 41.9 Å². The Morgan fingerprint density at radius 1 is 0.926 bits per heavy atom. The van der Waals surface area contributed by atoms with Crippen molar-refractivity contribution in [2.45, 2.75) is 37.8 Å². The van der Waals surface area contributed by atoms with Gasteiger partial charge in [-0.1, -0.05) is 30.3 Å². The molecule has 27 heavy (non-hydrogen) atoms. The number of carbonyl (C=O) groups excluding carboxylic acids is 1. The van der Waals surface area contributed by atoms with Gasteiger partial charge in [0.05, 0.1) is 0 Å². The SMILES string of the molecule is CN(C)C1C[C@@H]2CC(N(C)C(=O)COc3ccc4ccccc4c3)C[C@@H]2C1. The summed E-state index contributed by atoms with van der Waals surface area (Å²) in [5.74, 6) is 2.39. The van der Waals surface area contributed by atoms with Crippen LogP contribution in [0.25, 0.3) is 10.8 Å². The third-order valence-electron chi connectivity index (χ3n) is 6.72. The third kappa shape index (κ3) is 3.81.